The second-order valence-electron chi connectivity index (χ2n) is 4.51. The lowest BCUT2D eigenvalue weighted by molar-refractivity contribution is 0.501. The van der Waals surface area contributed by atoms with Gasteiger partial charge in [0.1, 0.15) is 0 Å². The predicted octanol–water partition coefficient (Wildman–Crippen LogP) is 5.20. The molecule has 0 saturated carbocycles. The van der Waals surface area contributed by atoms with Gasteiger partial charge in [0.15, 0.2) is 0 Å². The van der Waals surface area contributed by atoms with E-state index in [-0.39, 0.29) is 0 Å². The maximum Gasteiger partial charge on any atom is -0.0230 e. The van der Waals surface area contributed by atoms with Crippen LogP contribution in [0, 0.1) is 5.92 Å². The number of unbranched alkanes of at least 4 members (excludes halogenated alkanes) is 1. The molecule has 0 nitrogen and oxygen atoms in total. The summed E-state index contributed by atoms with van der Waals surface area (Å²) in [4.78, 5) is 0. The van der Waals surface area contributed by atoms with Gasteiger partial charge in [-0.25, -0.2) is 0 Å². The van der Waals surface area contributed by atoms with E-state index in [2.05, 4.69) is 43.9 Å². The van der Waals surface area contributed by atoms with Gasteiger partial charge >= 0.3 is 0 Å². The van der Waals surface area contributed by atoms with E-state index in [0.29, 0.717) is 0 Å². The van der Waals surface area contributed by atoms with E-state index >= 15 is 0 Å². The Labute approximate surface area is 100 Å². The van der Waals surface area contributed by atoms with Crippen LogP contribution in [0.1, 0.15) is 45.4 Å². The molecule has 1 unspecified atom stereocenters. The van der Waals surface area contributed by atoms with Crippen molar-refractivity contribution in [2.75, 3.05) is 0 Å². The summed E-state index contributed by atoms with van der Waals surface area (Å²) in [6.45, 7) is 6.13. The second kappa shape index (κ2) is 8.15. The van der Waals surface area contributed by atoms with Crippen LogP contribution in [-0.2, 0) is 0 Å². The van der Waals surface area contributed by atoms with E-state index in [1.807, 2.05) is 6.08 Å². The van der Waals surface area contributed by atoms with Crippen molar-refractivity contribution in [3.05, 3.63) is 48.6 Å². The molecule has 0 heteroatoms. The summed E-state index contributed by atoms with van der Waals surface area (Å²) in [6.07, 6.45) is 20.7. The molecule has 16 heavy (non-hydrogen) atoms. The first-order valence-electron chi connectivity index (χ1n) is 6.53. The molecule has 0 radical (unpaired) electrons. The summed E-state index contributed by atoms with van der Waals surface area (Å²) in [6, 6.07) is 0. The summed E-state index contributed by atoms with van der Waals surface area (Å²) >= 11 is 0. The predicted molar refractivity (Wildman–Crippen MR) is 73.4 cm³/mol. The Hall–Kier alpha value is -1.04. The summed E-state index contributed by atoms with van der Waals surface area (Å²) in [7, 11) is 0. The van der Waals surface area contributed by atoms with Crippen LogP contribution in [0.15, 0.2) is 48.6 Å². The minimum absolute atomic E-state index is 0.772. The quantitative estimate of drug-likeness (QED) is 0.605. The molecule has 1 aliphatic carbocycles. The summed E-state index contributed by atoms with van der Waals surface area (Å²) in [5, 5.41) is 0. The van der Waals surface area contributed by atoms with Crippen molar-refractivity contribution in [1.29, 1.82) is 0 Å². The molecule has 0 N–H and O–H groups in total. The highest BCUT2D eigenvalue weighted by Gasteiger charge is 2.04. The van der Waals surface area contributed by atoms with Crippen molar-refractivity contribution in [1.82, 2.24) is 0 Å². The Bertz CT molecular complexity index is 278. The largest absolute Gasteiger partial charge is 0.0988 e. The molecule has 0 amide bonds. The van der Waals surface area contributed by atoms with Crippen LogP contribution in [0.2, 0.25) is 0 Å². The van der Waals surface area contributed by atoms with Crippen LogP contribution in [0.25, 0.3) is 0 Å². The molecule has 1 aliphatic rings. The van der Waals surface area contributed by atoms with Crippen LogP contribution in [-0.4, -0.2) is 0 Å². The number of hydrogen-bond acceptors (Lipinski definition) is 0. The van der Waals surface area contributed by atoms with Gasteiger partial charge in [0.2, 0.25) is 0 Å². The van der Waals surface area contributed by atoms with E-state index in [0.717, 1.165) is 5.92 Å². The fraction of sp³-hybridized carbons (Fsp3) is 0.500. The van der Waals surface area contributed by atoms with Crippen LogP contribution in [0.4, 0.5) is 0 Å². The van der Waals surface area contributed by atoms with E-state index in [1.165, 1.54) is 44.1 Å². The zero-order valence-electron chi connectivity index (χ0n) is 10.5. The molecule has 88 valence electrons. The average Bonchev–Trinajstić information content (AvgIpc) is 2.33. The first kappa shape index (κ1) is 13.0. The van der Waals surface area contributed by atoms with E-state index in [1.54, 1.807) is 0 Å². The van der Waals surface area contributed by atoms with Gasteiger partial charge in [0, 0.05) is 0 Å². The summed E-state index contributed by atoms with van der Waals surface area (Å²) < 4.78 is 0. The highest BCUT2D eigenvalue weighted by atomic mass is 14.1. The smallest absolute Gasteiger partial charge is 0.0230 e. The molecule has 0 bridgehead atoms. The molecule has 0 spiro atoms. The van der Waals surface area contributed by atoms with Crippen LogP contribution >= 0.6 is 0 Å². The van der Waals surface area contributed by atoms with Crippen molar-refractivity contribution in [3.8, 4) is 0 Å². The SMILES string of the molecule is C=C/C1=C/C=C/C=C\C(CCCC)CCC1. The molecule has 0 aromatic rings. The Morgan fingerprint density at radius 1 is 1.38 bits per heavy atom. The Morgan fingerprint density at radius 3 is 3.00 bits per heavy atom. The van der Waals surface area contributed by atoms with Crippen molar-refractivity contribution in [3.63, 3.8) is 0 Å². The average molecular weight is 216 g/mol. The normalized spacial score (nSPS) is 28.8. The van der Waals surface area contributed by atoms with Crippen LogP contribution < -0.4 is 0 Å². The summed E-state index contributed by atoms with van der Waals surface area (Å²) in [5.74, 6) is 0.772. The molecule has 0 fully saturated rings. The topological polar surface area (TPSA) is 0 Å². The zero-order valence-corrected chi connectivity index (χ0v) is 10.5. The van der Waals surface area contributed by atoms with Crippen LogP contribution in [0.3, 0.4) is 0 Å². The van der Waals surface area contributed by atoms with Gasteiger partial charge in [-0.2, -0.15) is 0 Å². The highest BCUT2D eigenvalue weighted by molar-refractivity contribution is 5.24. The lowest BCUT2D eigenvalue weighted by atomic mass is 9.93. The third kappa shape index (κ3) is 5.16. The van der Waals surface area contributed by atoms with Crippen LogP contribution in [0.5, 0.6) is 0 Å². The van der Waals surface area contributed by atoms with E-state index in [9.17, 15) is 0 Å². The van der Waals surface area contributed by atoms with Gasteiger partial charge in [-0.1, -0.05) is 62.8 Å². The van der Waals surface area contributed by atoms with Crippen molar-refractivity contribution < 1.29 is 0 Å². The molecule has 0 saturated heterocycles. The molecule has 1 rings (SSSR count). The molecular formula is C16H24. The van der Waals surface area contributed by atoms with Gasteiger partial charge in [0.05, 0.1) is 0 Å². The van der Waals surface area contributed by atoms with E-state index < -0.39 is 0 Å². The molecule has 0 aliphatic heterocycles. The monoisotopic (exact) mass is 216 g/mol. The van der Waals surface area contributed by atoms with Crippen molar-refractivity contribution in [2.45, 2.75) is 45.4 Å². The van der Waals surface area contributed by atoms with Crippen molar-refractivity contribution in [2.24, 2.45) is 5.92 Å². The standard InChI is InChI=1S/C16H24/c1-3-5-10-16-12-8-6-7-11-15(4-2)13-9-14-16/h4,6-8,11-12,16H,2-3,5,9-10,13-14H2,1H3/b7-6+,12-8-,15-11-. The molecule has 0 aromatic carbocycles. The van der Waals surface area contributed by atoms with E-state index in [4.69, 9.17) is 0 Å². The molecule has 1 atom stereocenters. The molecule has 0 aromatic heterocycles. The minimum atomic E-state index is 0.772. The maximum atomic E-state index is 3.86. The van der Waals surface area contributed by atoms with Gasteiger partial charge < -0.3 is 0 Å². The molecular weight excluding hydrogens is 192 g/mol. The third-order valence-corrected chi connectivity index (χ3v) is 3.15. The van der Waals surface area contributed by atoms with Gasteiger partial charge in [-0.05, 0) is 37.2 Å². The van der Waals surface area contributed by atoms with Gasteiger partial charge in [-0.15, -0.1) is 0 Å². The Balaban J connectivity index is 2.54. The number of allylic oxidation sites excluding steroid dienone is 7. The minimum Gasteiger partial charge on any atom is -0.0988 e. The lowest BCUT2D eigenvalue weighted by Crippen LogP contribution is -1.97. The fourth-order valence-corrected chi connectivity index (χ4v) is 2.09. The lowest BCUT2D eigenvalue weighted by Gasteiger charge is -2.12. The van der Waals surface area contributed by atoms with Gasteiger partial charge in [0.25, 0.3) is 0 Å². The van der Waals surface area contributed by atoms with Crippen molar-refractivity contribution >= 4 is 0 Å². The number of rotatable bonds is 4. The first-order chi connectivity index (χ1) is 7.86. The first-order valence-corrected chi connectivity index (χ1v) is 6.53. The third-order valence-electron chi connectivity index (χ3n) is 3.15. The van der Waals surface area contributed by atoms with Gasteiger partial charge in [-0.3, -0.25) is 0 Å². The molecule has 0 heterocycles. The Morgan fingerprint density at radius 2 is 2.25 bits per heavy atom. The highest BCUT2D eigenvalue weighted by Crippen LogP contribution is 2.20. The fourth-order valence-electron chi connectivity index (χ4n) is 2.09. The summed E-state index contributed by atoms with van der Waals surface area (Å²) in [5.41, 5.74) is 1.36. The zero-order chi connectivity index (χ0) is 11.6. The second-order valence-corrected chi connectivity index (χ2v) is 4.51. The number of hydrogen-bond donors (Lipinski definition) is 0. The maximum absolute atomic E-state index is 3.86. The Kier molecular flexibility index (Phi) is 6.64.